The highest BCUT2D eigenvalue weighted by Gasteiger charge is 2.06. The molecule has 0 unspecified atom stereocenters. The molecule has 0 radical (unpaired) electrons. The van der Waals surface area contributed by atoms with Crippen molar-refractivity contribution in [2.24, 2.45) is 5.92 Å². The van der Waals surface area contributed by atoms with E-state index < -0.39 is 0 Å². The average molecular weight is 143 g/mol. The minimum atomic E-state index is 0.738. The summed E-state index contributed by atoms with van der Waals surface area (Å²) in [5, 5.41) is 0. The summed E-state index contributed by atoms with van der Waals surface area (Å²) in [5.74, 6) is 0.791. The summed E-state index contributed by atoms with van der Waals surface area (Å²) in [5.41, 5.74) is 0. The Morgan fingerprint density at radius 3 is 2.00 bits per heavy atom. The third kappa shape index (κ3) is 3.89. The molecule has 0 aromatic carbocycles. The van der Waals surface area contributed by atoms with Crippen molar-refractivity contribution < 1.29 is 0 Å². The topological polar surface area (TPSA) is 3.24 Å². The third-order valence-electron chi connectivity index (χ3n) is 2.00. The Hall–Kier alpha value is -0.0400. The molecule has 1 nitrogen and oxygen atoms in total. The molecule has 0 aromatic heterocycles. The minimum absolute atomic E-state index is 0.738. The van der Waals surface area contributed by atoms with Crippen LogP contribution in [0.4, 0.5) is 0 Å². The largest absolute Gasteiger partial charge is 0.303 e. The van der Waals surface area contributed by atoms with Gasteiger partial charge in [-0.2, -0.15) is 0 Å². The Kier molecular flexibility index (Phi) is 4.71. The van der Waals surface area contributed by atoms with Crippen LogP contribution in [-0.4, -0.2) is 24.5 Å². The van der Waals surface area contributed by atoms with Crippen molar-refractivity contribution in [1.82, 2.24) is 4.90 Å². The molecule has 10 heavy (non-hydrogen) atoms. The van der Waals surface area contributed by atoms with Gasteiger partial charge in [-0.15, -0.1) is 0 Å². The average Bonchev–Trinajstić information content (AvgIpc) is 1.85. The molecule has 0 aliphatic carbocycles. The van der Waals surface area contributed by atoms with Crippen molar-refractivity contribution in [3.05, 3.63) is 0 Å². The van der Waals surface area contributed by atoms with Crippen LogP contribution >= 0.6 is 0 Å². The molecule has 62 valence electrons. The van der Waals surface area contributed by atoms with E-state index in [0.29, 0.717) is 0 Å². The highest BCUT2D eigenvalue weighted by atomic mass is 15.1. The second-order valence-corrected chi connectivity index (χ2v) is 3.59. The summed E-state index contributed by atoms with van der Waals surface area (Å²) in [4.78, 5) is 2.42. The van der Waals surface area contributed by atoms with Gasteiger partial charge in [0.25, 0.3) is 0 Å². The lowest BCUT2D eigenvalue weighted by Crippen LogP contribution is -2.31. The van der Waals surface area contributed by atoms with Gasteiger partial charge in [0.15, 0.2) is 0 Å². The monoisotopic (exact) mass is 143 g/mol. The molecule has 0 saturated carbocycles. The van der Waals surface area contributed by atoms with Crippen molar-refractivity contribution in [2.75, 3.05) is 13.6 Å². The van der Waals surface area contributed by atoms with Crippen LogP contribution in [0.5, 0.6) is 0 Å². The zero-order valence-corrected chi connectivity index (χ0v) is 8.02. The summed E-state index contributed by atoms with van der Waals surface area (Å²) in [6.45, 7) is 10.3. The molecule has 0 rings (SSSR count). The summed E-state index contributed by atoms with van der Waals surface area (Å²) in [7, 11) is 2.20. The fourth-order valence-corrected chi connectivity index (χ4v) is 1.07. The molecule has 0 heterocycles. The van der Waals surface area contributed by atoms with Gasteiger partial charge in [-0.05, 0) is 26.3 Å². The summed E-state index contributed by atoms with van der Waals surface area (Å²) in [6, 6.07) is 0.738. The second kappa shape index (κ2) is 4.73. The van der Waals surface area contributed by atoms with Crippen molar-refractivity contribution in [3.8, 4) is 0 Å². The van der Waals surface area contributed by atoms with E-state index in [1.165, 1.54) is 13.0 Å². The van der Waals surface area contributed by atoms with Crippen molar-refractivity contribution >= 4 is 0 Å². The van der Waals surface area contributed by atoms with Gasteiger partial charge in [-0.3, -0.25) is 0 Å². The van der Waals surface area contributed by atoms with Gasteiger partial charge in [-0.1, -0.05) is 20.8 Å². The fourth-order valence-electron chi connectivity index (χ4n) is 1.07. The highest BCUT2D eigenvalue weighted by molar-refractivity contribution is 4.61. The molecular formula is C9H21N. The van der Waals surface area contributed by atoms with Crippen LogP contribution in [0.2, 0.25) is 0 Å². The Morgan fingerprint density at radius 2 is 1.70 bits per heavy atom. The Bertz CT molecular complexity index is 78.8. The Labute approximate surface area is 65.4 Å². The minimum Gasteiger partial charge on any atom is -0.303 e. The van der Waals surface area contributed by atoms with Gasteiger partial charge in [-0.25, -0.2) is 0 Å². The molecule has 0 aliphatic rings. The van der Waals surface area contributed by atoms with E-state index in [4.69, 9.17) is 0 Å². The van der Waals surface area contributed by atoms with Crippen molar-refractivity contribution in [2.45, 2.75) is 40.2 Å². The maximum atomic E-state index is 2.42. The van der Waals surface area contributed by atoms with Crippen LogP contribution in [0.25, 0.3) is 0 Å². The predicted octanol–water partition coefficient (Wildman–Crippen LogP) is 2.37. The normalized spacial score (nSPS) is 14.7. The molecule has 0 amide bonds. The zero-order valence-electron chi connectivity index (χ0n) is 8.02. The van der Waals surface area contributed by atoms with Gasteiger partial charge < -0.3 is 4.90 Å². The fraction of sp³-hybridized carbons (Fsp3) is 1.00. The highest BCUT2D eigenvalue weighted by Crippen LogP contribution is 2.03. The molecule has 0 spiro atoms. The Morgan fingerprint density at radius 1 is 1.20 bits per heavy atom. The van der Waals surface area contributed by atoms with E-state index in [-0.39, 0.29) is 0 Å². The van der Waals surface area contributed by atoms with E-state index in [9.17, 15) is 0 Å². The Balaban J connectivity index is 3.50. The van der Waals surface area contributed by atoms with Gasteiger partial charge in [0.2, 0.25) is 0 Å². The smallest absolute Gasteiger partial charge is 0.00613 e. The van der Waals surface area contributed by atoms with Gasteiger partial charge >= 0.3 is 0 Å². The van der Waals surface area contributed by atoms with Crippen LogP contribution < -0.4 is 0 Å². The third-order valence-corrected chi connectivity index (χ3v) is 2.00. The molecule has 0 fully saturated rings. The lowest BCUT2D eigenvalue weighted by atomic mass is 10.1. The first kappa shape index (κ1) is 9.96. The SMILES string of the molecule is CC[C@H](C)N(C)CC(C)C. The van der Waals surface area contributed by atoms with E-state index in [1.54, 1.807) is 0 Å². The molecule has 0 aliphatic heterocycles. The lowest BCUT2D eigenvalue weighted by molar-refractivity contribution is 0.226. The zero-order chi connectivity index (χ0) is 8.15. The number of hydrogen-bond acceptors (Lipinski definition) is 1. The molecule has 0 N–H and O–H groups in total. The van der Waals surface area contributed by atoms with E-state index >= 15 is 0 Å². The van der Waals surface area contributed by atoms with Crippen LogP contribution in [-0.2, 0) is 0 Å². The molecule has 0 saturated heterocycles. The maximum Gasteiger partial charge on any atom is 0.00613 e. The van der Waals surface area contributed by atoms with Gasteiger partial charge in [0.1, 0.15) is 0 Å². The van der Waals surface area contributed by atoms with Gasteiger partial charge in [0, 0.05) is 12.6 Å². The van der Waals surface area contributed by atoms with Gasteiger partial charge in [0.05, 0.1) is 0 Å². The summed E-state index contributed by atoms with van der Waals surface area (Å²) < 4.78 is 0. The standard InChI is InChI=1S/C9H21N/c1-6-9(4)10(5)7-8(2)3/h8-9H,6-7H2,1-5H3/t9-/m0/s1. The van der Waals surface area contributed by atoms with Crippen LogP contribution in [0.3, 0.4) is 0 Å². The maximum absolute atomic E-state index is 2.42. The van der Waals surface area contributed by atoms with E-state index in [0.717, 1.165) is 12.0 Å². The van der Waals surface area contributed by atoms with E-state index in [1.807, 2.05) is 0 Å². The molecular weight excluding hydrogens is 122 g/mol. The first-order valence-electron chi connectivity index (χ1n) is 4.28. The van der Waals surface area contributed by atoms with Crippen molar-refractivity contribution in [3.63, 3.8) is 0 Å². The summed E-state index contributed by atoms with van der Waals surface area (Å²) in [6.07, 6.45) is 1.25. The quantitative estimate of drug-likeness (QED) is 0.584. The van der Waals surface area contributed by atoms with Crippen LogP contribution in [0.15, 0.2) is 0 Å². The molecule has 0 aromatic rings. The molecule has 1 heteroatoms. The number of hydrogen-bond donors (Lipinski definition) is 0. The van der Waals surface area contributed by atoms with Crippen molar-refractivity contribution in [1.29, 1.82) is 0 Å². The first-order valence-corrected chi connectivity index (χ1v) is 4.28. The second-order valence-electron chi connectivity index (χ2n) is 3.59. The molecule has 1 atom stereocenters. The summed E-state index contributed by atoms with van der Waals surface area (Å²) >= 11 is 0. The van der Waals surface area contributed by atoms with Crippen LogP contribution in [0, 0.1) is 5.92 Å². The van der Waals surface area contributed by atoms with E-state index in [2.05, 4.69) is 39.6 Å². The molecule has 0 bridgehead atoms. The predicted molar refractivity (Wildman–Crippen MR) is 47.2 cm³/mol. The number of rotatable bonds is 4. The lowest BCUT2D eigenvalue weighted by Gasteiger charge is -2.24. The van der Waals surface area contributed by atoms with Crippen LogP contribution in [0.1, 0.15) is 34.1 Å². The first-order chi connectivity index (χ1) is 4.57. The number of nitrogens with zero attached hydrogens (tertiary/aromatic N) is 1.